The van der Waals surface area contributed by atoms with Gasteiger partial charge < -0.3 is 15.3 Å². The highest BCUT2D eigenvalue weighted by Gasteiger charge is 2.32. The molecular weight excluding hydrogens is 485 g/mol. The highest BCUT2D eigenvalue weighted by molar-refractivity contribution is 7.89. The fourth-order valence-electron chi connectivity index (χ4n) is 4.41. The molecule has 3 N–H and O–H groups in total. The van der Waals surface area contributed by atoms with E-state index in [0.717, 1.165) is 16.8 Å². The first-order valence-corrected chi connectivity index (χ1v) is 13.4. The molecule has 0 radical (unpaired) electrons. The molecule has 0 bridgehead atoms. The Morgan fingerprint density at radius 2 is 1.89 bits per heavy atom. The zero-order valence-electron chi connectivity index (χ0n) is 21.0. The van der Waals surface area contributed by atoms with Crippen LogP contribution in [0.3, 0.4) is 0 Å². The molecule has 2 aromatic rings. The number of nitrogens with one attached hydrogen (secondary N) is 2. The highest BCUT2D eigenvalue weighted by atomic mass is 32.2. The number of hydrogen-bond acceptors (Lipinski definition) is 5. The monoisotopic (exact) mass is 519 g/mol. The maximum Gasteiger partial charge on any atom is 0.305 e. The number of benzene rings is 2. The third-order valence-corrected chi connectivity index (χ3v) is 7.44. The molecule has 1 unspecified atom stereocenters. The molecule has 0 fully saturated rings. The molecule has 8 nitrogen and oxygen atoms in total. The number of aryl methyl sites for hydroxylation is 1. The number of aliphatic carboxylic acids is 1. The van der Waals surface area contributed by atoms with Gasteiger partial charge in [-0.15, -0.1) is 0 Å². The van der Waals surface area contributed by atoms with Crippen LogP contribution in [0.25, 0.3) is 0 Å². The van der Waals surface area contributed by atoms with Crippen LogP contribution >= 0.6 is 0 Å². The van der Waals surface area contributed by atoms with E-state index in [1.165, 1.54) is 24.3 Å². The standard InChI is InChI=1S/C26H34FN3O5S/c1-17-6-5-7-21(12-17)36(34,35)29-22(15-26(2,3)4)25(33)28-20(14-24(31)32)16-30-11-10-18-13-19(27)8-9-23(18)30/h5-9,12-13,20,22,29H,10-11,14-16H2,1-4H3,(H,28,33)(H,31,32)/t20-,22?/m0/s1. The van der Waals surface area contributed by atoms with Crippen molar-refractivity contribution in [3.05, 3.63) is 59.4 Å². The molecule has 1 amide bonds. The number of carboxylic acids is 1. The molecule has 0 aliphatic carbocycles. The summed E-state index contributed by atoms with van der Waals surface area (Å²) in [5.41, 5.74) is 2.00. The van der Waals surface area contributed by atoms with Crippen molar-refractivity contribution < 1.29 is 27.5 Å². The van der Waals surface area contributed by atoms with Gasteiger partial charge in [-0.3, -0.25) is 9.59 Å². The third-order valence-electron chi connectivity index (χ3n) is 5.97. The van der Waals surface area contributed by atoms with E-state index in [0.29, 0.717) is 13.0 Å². The number of rotatable bonds is 10. The van der Waals surface area contributed by atoms with E-state index in [-0.39, 0.29) is 30.1 Å². The van der Waals surface area contributed by atoms with E-state index < -0.39 is 39.4 Å². The molecule has 0 saturated heterocycles. The Morgan fingerprint density at radius 3 is 2.53 bits per heavy atom. The van der Waals surface area contributed by atoms with E-state index >= 15 is 0 Å². The van der Waals surface area contributed by atoms with Gasteiger partial charge in [-0.25, -0.2) is 12.8 Å². The average molecular weight is 520 g/mol. The second-order valence-corrected chi connectivity index (χ2v) is 12.2. The predicted molar refractivity (Wildman–Crippen MR) is 136 cm³/mol. The van der Waals surface area contributed by atoms with Gasteiger partial charge in [0.15, 0.2) is 0 Å². The first-order valence-electron chi connectivity index (χ1n) is 11.9. The van der Waals surface area contributed by atoms with Crippen LogP contribution in [-0.4, -0.2) is 50.6 Å². The lowest BCUT2D eigenvalue weighted by Crippen LogP contribution is -2.53. The number of carboxylic acid groups (broad SMARTS) is 1. The number of hydrogen-bond donors (Lipinski definition) is 3. The summed E-state index contributed by atoms with van der Waals surface area (Å²) in [5, 5.41) is 12.2. The minimum atomic E-state index is -4.00. The Morgan fingerprint density at radius 1 is 1.17 bits per heavy atom. The molecule has 3 rings (SSSR count). The van der Waals surface area contributed by atoms with Crippen molar-refractivity contribution in [3.8, 4) is 0 Å². The zero-order chi connectivity index (χ0) is 26.7. The van der Waals surface area contributed by atoms with Crippen molar-refractivity contribution >= 4 is 27.6 Å². The minimum Gasteiger partial charge on any atom is -0.481 e. The van der Waals surface area contributed by atoms with E-state index in [1.807, 2.05) is 25.7 Å². The molecule has 2 atom stereocenters. The van der Waals surface area contributed by atoms with Gasteiger partial charge in [-0.1, -0.05) is 32.9 Å². The number of halogens is 1. The number of amides is 1. The topological polar surface area (TPSA) is 116 Å². The Labute approximate surface area is 211 Å². The van der Waals surface area contributed by atoms with E-state index in [2.05, 4.69) is 10.0 Å². The van der Waals surface area contributed by atoms with Gasteiger partial charge in [0.05, 0.1) is 17.4 Å². The van der Waals surface area contributed by atoms with Crippen molar-refractivity contribution in [2.75, 3.05) is 18.0 Å². The van der Waals surface area contributed by atoms with Gasteiger partial charge in [-0.05, 0) is 66.6 Å². The normalized spacial score (nSPS) is 15.3. The first kappa shape index (κ1) is 27.6. The molecule has 0 saturated carbocycles. The van der Waals surface area contributed by atoms with Crippen LogP contribution in [0, 0.1) is 18.2 Å². The summed E-state index contributed by atoms with van der Waals surface area (Å²) >= 11 is 0. The van der Waals surface area contributed by atoms with Gasteiger partial charge >= 0.3 is 5.97 Å². The van der Waals surface area contributed by atoms with Gasteiger partial charge in [-0.2, -0.15) is 4.72 Å². The summed E-state index contributed by atoms with van der Waals surface area (Å²) in [6.07, 6.45) is 0.477. The molecule has 1 aliphatic rings. The van der Waals surface area contributed by atoms with Crippen LogP contribution in [0.15, 0.2) is 47.4 Å². The first-order chi connectivity index (χ1) is 16.7. The summed E-state index contributed by atoms with van der Waals surface area (Å²) in [5.74, 6) is -2.02. The molecular formula is C26H34FN3O5S. The number of carbonyl (C=O) groups is 2. The fourth-order valence-corrected chi connectivity index (χ4v) is 5.71. The lowest BCUT2D eigenvalue weighted by molar-refractivity contribution is -0.137. The largest absolute Gasteiger partial charge is 0.481 e. The van der Waals surface area contributed by atoms with Crippen molar-refractivity contribution in [1.29, 1.82) is 0 Å². The Kier molecular flexibility index (Phi) is 8.40. The van der Waals surface area contributed by atoms with Crippen LogP contribution in [0.5, 0.6) is 0 Å². The highest BCUT2D eigenvalue weighted by Crippen LogP contribution is 2.29. The third kappa shape index (κ3) is 7.51. The summed E-state index contributed by atoms with van der Waals surface area (Å²) in [6, 6.07) is 8.96. The minimum absolute atomic E-state index is 0.0530. The van der Waals surface area contributed by atoms with Crippen molar-refractivity contribution in [3.63, 3.8) is 0 Å². The molecule has 196 valence electrons. The van der Waals surface area contributed by atoms with Gasteiger partial charge in [0.2, 0.25) is 15.9 Å². The Bertz CT molecular complexity index is 1230. The Balaban J connectivity index is 1.80. The molecule has 0 spiro atoms. The molecule has 0 aromatic heterocycles. The van der Waals surface area contributed by atoms with E-state index in [9.17, 15) is 27.5 Å². The summed E-state index contributed by atoms with van der Waals surface area (Å²) in [4.78, 5) is 26.9. The van der Waals surface area contributed by atoms with Crippen LogP contribution in [0.4, 0.5) is 10.1 Å². The smallest absolute Gasteiger partial charge is 0.305 e. The molecule has 10 heteroatoms. The molecule has 1 heterocycles. The summed E-state index contributed by atoms with van der Waals surface area (Å²) in [6.45, 7) is 8.22. The van der Waals surface area contributed by atoms with Crippen molar-refractivity contribution in [2.45, 2.75) is 63.9 Å². The molecule has 1 aliphatic heterocycles. The van der Waals surface area contributed by atoms with Crippen LogP contribution in [0.2, 0.25) is 0 Å². The average Bonchev–Trinajstić information content (AvgIpc) is 3.13. The number of sulfonamides is 1. The summed E-state index contributed by atoms with van der Waals surface area (Å²) < 4.78 is 42.3. The lowest BCUT2D eigenvalue weighted by Gasteiger charge is -2.30. The zero-order valence-corrected chi connectivity index (χ0v) is 21.9. The van der Waals surface area contributed by atoms with Gasteiger partial charge in [0.25, 0.3) is 0 Å². The predicted octanol–water partition coefficient (Wildman–Crippen LogP) is 3.24. The van der Waals surface area contributed by atoms with E-state index in [4.69, 9.17) is 0 Å². The lowest BCUT2D eigenvalue weighted by atomic mass is 9.88. The Hall–Kier alpha value is -2.98. The van der Waals surface area contributed by atoms with Gasteiger partial charge in [0, 0.05) is 18.8 Å². The number of fused-ring (bicyclic) bond motifs is 1. The van der Waals surface area contributed by atoms with E-state index in [1.54, 1.807) is 25.1 Å². The second-order valence-electron chi connectivity index (χ2n) is 10.5. The SMILES string of the molecule is Cc1cccc(S(=O)(=O)NC(CC(C)(C)C)C(=O)N[C@@H](CC(=O)O)CN2CCc3cc(F)ccc32)c1. The maximum atomic E-state index is 13.6. The fraction of sp³-hybridized carbons (Fsp3) is 0.462. The number of anilines is 1. The second kappa shape index (κ2) is 11.0. The molecule has 36 heavy (non-hydrogen) atoms. The summed E-state index contributed by atoms with van der Waals surface area (Å²) in [7, 11) is -4.00. The maximum absolute atomic E-state index is 13.6. The quantitative estimate of drug-likeness (QED) is 0.444. The van der Waals surface area contributed by atoms with Gasteiger partial charge in [0.1, 0.15) is 11.9 Å². The number of carbonyl (C=O) groups excluding carboxylic acids is 1. The number of nitrogens with zero attached hydrogens (tertiary/aromatic N) is 1. The van der Waals surface area contributed by atoms with Crippen LogP contribution in [0.1, 0.15) is 44.7 Å². The van der Waals surface area contributed by atoms with Crippen molar-refractivity contribution in [2.24, 2.45) is 5.41 Å². The van der Waals surface area contributed by atoms with Crippen molar-refractivity contribution in [1.82, 2.24) is 10.0 Å². The molecule has 2 aromatic carbocycles. The van der Waals surface area contributed by atoms with Crippen LogP contribution in [-0.2, 0) is 26.0 Å². The van der Waals surface area contributed by atoms with Crippen LogP contribution < -0.4 is 14.9 Å².